The first-order chi connectivity index (χ1) is 9.15. The number of terminal acetylenes is 1. The molecule has 0 aromatic heterocycles. The van der Waals surface area contributed by atoms with Crippen molar-refractivity contribution in [2.45, 2.75) is 19.4 Å². The summed E-state index contributed by atoms with van der Waals surface area (Å²) in [4.78, 5) is 25.1. The third-order valence-electron chi connectivity index (χ3n) is 2.91. The van der Waals surface area contributed by atoms with Gasteiger partial charge in [0.05, 0.1) is 25.8 Å². The molecule has 0 aromatic rings. The predicted octanol–water partition coefficient (Wildman–Crippen LogP) is -1.04. The maximum absolute atomic E-state index is 11.8. The second-order valence-corrected chi connectivity index (χ2v) is 4.34. The van der Waals surface area contributed by atoms with Crippen molar-refractivity contribution in [2.24, 2.45) is 0 Å². The van der Waals surface area contributed by atoms with E-state index in [0.29, 0.717) is 39.3 Å². The van der Waals surface area contributed by atoms with Crippen molar-refractivity contribution in [3.05, 3.63) is 0 Å². The molecule has 1 unspecified atom stereocenters. The standard InChI is InChI=1S/C13H21N3O3/c1-3-5-15-13(18)11(2)14-6-4-12(17)16-7-9-19-10-8-16/h1,11,14H,4-10H2,2H3,(H,15,18). The molecule has 1 aliphatic heterocycles. The summed E-state index contributed by atoms with van der Waals surface area (Å²) in [5.41, 5.74) is 0. The molecule has 19 heavy (non-hydrogen) atoms. The van der Waals surface area contributed by atoms with Crippen LogP contribution in [0, 0.1) is 12.3 Å². The highest BCUT2D eigenvalue weighted by Gasteiger charge is 2.17. The van der Waals surface area contributed by atoms with Crippen molar-refractivity contribution < 1.29 is 14.3 Å². The zero-order valence-corrected chi connectivity index (χ0v) is 11.3. The zero-order valence-electron chi connectivity index (χ0n) is 11.3. The van der Waals surface area contributed by atoms with Gasteiger partial charge < -0.3 is 20.3 Å². The summed E-state index contributed by atoms with van der Waals surface area (Å²) in [7, 11) is 0. The summed E-state index contributed by atoms with van der Waals surface area (Å²) in [6, 6.07) is -0.356. The third kappa shape index (κ3) is 5.73. The van der Waals surface area contributed by atoms with E-state index in [4.69, 9.17) is 11.2 Å². The van der Waals surface area contributed by atoms with Crippen LogP contribution in [0.15, 0.2) is 0 Å². The average Bonchev–Trinajstić information content (AvgIpc) is 2.45. The number of nitrogens with zero attached hydrogens (tertiary/aromatic N) is 1. The van der Waals surface area contributed by atoms with Gasteiger partial charge in [-0.2, -0.15) is 0 Å². The van der Waals surface area contributed by atoms with E-state index >= 15 is 0 Å². The van der Waals surface area contributed by atoms with E-state index in [1.807, 2.05) is 0 Å². The number of hydrogen-bond acceptors (Lipinski definition) is 4. The summed E-state index contributed by atoms with van der Waals surface area (Å²) in [6.07, 6.45) is 5.44. The average molecular weight is 267 g/mol. The van der Waals surface area contributed by atoms with Crippen molar-refractivity contribution in [3.8, 4) is 12.3 Å². The summed E-state index contributed by atoms with van der Waals surface area (Å²) in [5.74, 6) is 2.27. The van der Waals surface area contributed by atoms with E-state index in [2.05, 4.69) is 16.6 Å². The molecule has 1 fully saturated rings. The van der Waals surface area contributed by atoms with Gasteiger partial charge in [0, 0.05) is 26.1 Å². The fraction of sp³-hybridized carbons (Fsp3) is 0.692. The van der Waals surface area contributed by atoms with E-state index in [-0.39, 0.29) is 24.4 Å². The van der Waals surface area contributed by atoms with Crippen LogP contribution in [0.5, 0.6) is 0 Å². The Morgan fingerprint density at radius 2 is 2.11 bits per heavy atom. The minimum atomic E-state index is -0.356. The molecule has 2 amide bonds. The van der Waals surface area contributed by atoms with Gasteiger partial charge in [0.1, 0.15) is 0 Å². The molecule has 0 aliphatic carbocycles. The first kappa shape index (κ1) is 15.5. The van der Waals surface area contributed by atoms with Gasteiger partial charge in [0.2, 0.25) is 11.8 Å². The number of rotatable bonds is 6. The Labute approximate surface area is 113 Å². The molecule has 0 bridgehead atoms. The minimum absolute atomic E-state index is 0.0898. The number of carbonyl (C=O) groups excluding carboxylic acids is 2. The molecule has 6 heteroatoms. The quantitative estimate of drug-likeness (QED) is 0.603. The van der Waals surface area contributed by atoms with Crippen LogP contribution < -0.4 is 10.6 Å². The number of amides is 2. The molecule has 1 atom stereocenters. The van der Waals surface area contributed by atoms with Crippen LogP contribution in [-0.2, 0) is 14.3 Å². The fourth-order valence-electron chi connectivity index (χ4n) is 1.75. The van der Waals surface area contributed by atoms with Crippen molar-refractivity contribution >= 4 is 11.8 Å². The SMILES string of the molecule is C#CCNC(=O)C(C)NCCC(=O)N1CCOCC1. The lowest BCUT2D eigenvalue weighted by molar-refractivity contribution is -0.135. The Morgan fingerprint density at radius 3 is 2.74 bits per heavy atom. The van der Waals surface area contributed by atoms with Gasteiger partial charge in [0.15, 0.2) is 0 Å². The van der Waals surface area contributed by atoms with Gasteiger partial charge in [0.25, 0.3) is 0 Å². The van der Waals surface area contributed by atoms with Crippen LogP contribution in [0.3, 0.4) is 0 Å². The van der Waals surface area contributed by atoms with Crippen molar-refractivity contribution in [1.29, 1.82) is 0 Å². The number of carbonyl (C=O) groups is 2. The molecule has 6 nitrogen and oxygen atoms in total. The van der Waals surface area contributed by atoms with Crippen molar-refractivity contribution in [2.75, 3.05) is 39.4 Å². The minimum Gasteiger partial charge on any atom is -0.378 e. The molecule has 0 saturated carbocycles. The van der Waals surface area contributed by atoms with Crippen LogP contribution in [0.4, 0.5) is 0 Å². The summed E-state index contributed by atoms with van der Waals surface area (Å²) < 4.78 is 5.18. The number of nitrogens with one attached hydrogen (secondary N) is 2. The normalized spacial score (nSPS) is 16.5. The van der Waals surface area contributed by atoms with Gasteiger partial charge >= 0.3 is 0 Å². The topological polar surface area (TPSA) is 70.7 Å². The highest BCUT2D eigenvalue weighted by molar-refractivity contribution is 5.81. The molecule has 0 radical (unpaired) electrons. The third-order valence-corrected chi connectivity index (χ3v) is 2.91. The number of morpholine rings is 1. The molecule has 2 N–H and O–H groups in total. The Morgan fingerprint density at radius 1 is 1.42 bits per heavy atom. The van der Waals surface area contributed by atoms with Gasteiger partial charge in [-0.15, -0.1) is 6.42 Å². The summed E-state index contributed by atoms with van der Waals surface area (Å²) >= 11 is 0. The lowest BCUT2D eigenvalue weighted by Gasteiger charge is -2.27. The maximum Gasteiger partial charge on any atom is 0.237 e. The predicted molar refractivity (Wildman–Crippen MR) is 71.3 cm³/mol. The van der Waals surface area contributed by atoms with E-state index in [1.54, 1.807) is 11.8 Å². The van der Waals surface area contributed by atoms with Crippen LogP contribution in [-0.4, -0.2) is 62.1 Å². The Bertz CT molecular complexity index is 346. The second kappa shape index (κ2) is 8.51. The summed E-state index contributed by atoms with van der Waals surface area (Å²) in [6.45, 7) is 4.94. The van der Waals surface area contributed by atoms with Gasteiger partial charge in [-0.3, -0.25) is 9.59 Å². The van der Waals surface area contributed by atoms with Crippen molar-refractivity contribution in [1.82, 2.24) is 15.5 Å². The van der Waals surface area contributed by atoms with Crippen molar-refractivity contribution in [3.63, 3.8) is 0 Å². The highest BCUT2D eigenvalue weighted by Crippen LogP contribution is 1.99. The summed E-state index contributed by atoms with van der Waals surface area (Å²) in [5, 5.41) is 5.59. The first-order valence-corrected chi connectivity index (χ1v) is 6.45. The van der Waals surface area contributed by atoms with Gasteiger partial charge in [-0.1, -0.05) is 5.92 Å². The van der Waals surface area contributed by atoms with Crippen LogP contribution in [0.25, 0.3) is 0 Å². The molecule has 1 rings (SSSR count). The number of ether oxygens (including phenoxy) is 1. The lowest BCUT2D eigenvalue weighted by Crippen LogP contribution is -2.45. The smallest absolute Gasteiger partial charge is 0.237 e. The molecule has 106 valence electrons. The first-order valence-electron chi connectivity index (χ1n) is 6.45. The van der Waals surface area contributed by atoms with Crippen LogP contribution >= 0.6 is 0 Å². The molecule has 0 aromatic carbocycles. The molecule has 1 saturated heterocycles. The molecular weight excluding hydrogens is 246 g/mol. The second-order valence-electron chi connectivity index (χ2n) is 4.34. The van der Waals surface area contributed by atoms with Crippen LogP contribution in [0.2, 0.25) is 0 Å². The Kier molecular flexibility index (Phi) is 6.93. The Balaban J connectivity index is 2.16. The fourth-order valence-corrected chi connectivity index (χ4v) is 1.75. The molecular formula is C13H21N3O3. The van der Waals surface area contributed by atoms with E-state index < -0.39 is 0 Å². The molecule has 1 heterocycles. The Hall–Kier alpha value is -1.58. The zero-order chi connectivity index (χ0) is 14.1. The lowest BCUT2D eigenvalue weighted by atomic mass is 10.2. The molecule has 0 spiro atoms. The largest absolute Gasteiger partial charge is 0.378 e. The monoisotopic (exact) mass is 267 g/mol. The number of hydrogen-bond donors (Lipinski definition) is 2. The maximum atomic E-state index is 11.8. The van der Waals surface area contributed by atoms with Crippen LogP contribution in [0.1, 0.15) is 13.3 Å². The highest BCUT2D eigenvalue weighted by atomic mass is 16.5. The van der Waals surface area contributed by atoms with Gasteiger partial charge in [-0.05, 0) is 6.92 Å². The van der Waals surface area contributed by atoms with E-state index in [0.717, 1.165) is 0 Å². The van der Waals surface area contributed by atoms with E-state index in [9.17, 15) is 9.59 Å². The van der Waals surface area contributed by atoms with Gasteiger partial charge in [-0.25, -0.2) is 0 Å². The van der Waals surface area contributed by atoms with E-state index in [1.165, 1.54) is 0 Å². The molecule has 1 aliphatic rings.